The number of carbonyl (C=O) groups is 1. The number of hydrogen-bond donors (Lipinski definition) is 1. The number of hydrogen-bond acceptors (Lipinski definition) is 7. The highest BCUT2D eigenvalue weighted by Crippen LogP contribution is 2.29. The van der Waals surface area contributed by atoms with Crippen LogP contribution >= 0.6 is 0 Å². The Morgan fingerprint density at radius 2 is 1.96 bits per heavy atom. The molecule has 1 aromatic carbocycles. The summed E-state index contributed by atoms with van der Waals surface area (Å²) < 4.78 is 6.51. The molecule has 0 aliphatic rings. The molecule has 0 radical (unpaired) electrons. The average molecular weight is 377 g/mol. The summed E-state index contributed by atoms with van der Waals surface area (Å²) >= 11 is 0. The molecule has 0 aliphatic heterocycles. The highest BCUT2D eigenvalue weighted by atomic mass is 16.6. The summed E-state index contributed by atoms with van der Waals surface area (Å²) in [6.45, 7) is 4.90. The largest absolute Gasteiger partial charge is 0.494 e. The Kier molecular flexibility index (Phi) is 5.73. The number of benzene rings is 1. The van der Waals surface area contributed by atoms with Crippen molar-refractivity contribution in [3.63, 3.8) is 0 Å². The average Bonchev–Trinajstić information content (AvgIpc) is 2.88. The number of nitro benzene ring substituents is 1. The van der Waals surface area contributed by atoms with Crippen LogP contribution in [0.5, 0.6) is 5.75 Å². The molecule has 0 saturated carbocycles. The van der Waals surface area contributed by atoms with Gasteiger partial charge in [0, 0.05) is 6.07 Å². The number of non-ortho nitro benzene ring substituents is 1. The van der Waals surface area contributed by atoms with Crippen LogP contribution in [0.4, 0.5) is 17.1 Å². The minimum absolute atomic E-state index is 0.0698. The van der Waals surface area contributed by atoms with Gasteiger partial charge in [-0.25, -0.2) is 0 Å². The van der Waals surface area contributed by atoms with Crippen molar-refractivity contribution >= 4 is 23.0 Å². The standard InChI is InChI=1S/C16H19N5O6/c1-9(8-19-11(3)15(21(25)26)10(2)18-19)16(22)17-13-6-5-12(20(23)24)7-14(13)27-4/h5-7,9H,8H2,1-4H3,(H,17,22). The molecule has 11 heteroatoms. The maximum absolute atomic E-state index is 12.5. The first kappa shape index (κ1) is 19.8. The summed E-state index contributed by atoms with van der Waals surface area (Å²) in [4.78, 5) is 33.3. The number of methoxy groups -OCH3 is 1. The van der Waals surface area contributed by atoms with E-state index in [1.165, 1.54) is 36.9 Å². The van der Waals surface area contributed by atoms with Crippen LogP contribution in [0.2, 0.25) is 0 Å². The number of anilines is 1. The fourth-order valence-corrected chi connectivity index (χ4v) is 2.62. The van der Waals surface area contributed by atoms with Crippen LogP contribution in [0.3, 0.4) is 0 Å². The van der Waals surface area contributed by atoms with Crippen LogP contribution in [0.1, 0.15) is 18.3 Å². The van der Waals surface area contributed by atoms with Gasteiger partial charge in [0.2, 0.25) is 5.91 Å². The van der Waals surface area contributed by atoms with Gasteiger partial charge in [-0.05, 0) is 19.9 Å². The minimum Gasteiger partial charge on any atom is -0.494 e. The Bertz CT molecular complexity index is 907. The Morgan fingerprint density at radius 1 is 1.30 bits per heavy atom. The van der Waals surface area contributed by atoms with Gasteiger partial charge in [0.25, 0.3) is 5.69 Å². The zero-order chi connectivity index (χ0) is 20.3. The van der Waals surface area contributed by atoms with Crippen molar-refractivity contribution in [2.45, 2.75) is 27.3 Å². The SMILES string of the molecule is COc1cc([N+](=O)[O-])ccc1NC(=O)C(C)Cn1nc(C)c([N+](=O)[O-])c1C. The smallest absolute Gasteiger partial charge is 0.312 e. The van der Waals surface area contributed by atoms with Gasteiger partial charge in [0.15, 0.2) is 0 Å². The second kappa shape index (κ2) is 7.81. The predicted molar refractivity (Wildman–Crippen MR) is 95.8 cm³/mol. The zero-order valence-electron chi connectivity index (χ0n) is 15.3. The second-order valence-corrected chi connectivity index (χ2v) is 5.99. The van der Waals surface area contributed by atoms with E-state index in [1.807, 2.05) is 0 Å². The third-order valence-electron chi connectivity index (χ3n) is 4.07. The lowest BCUT2D eigenvalue weighted by atomic mass is 10.1. The van der Waals surface area contributed by atoms with E-state index >= 15 is 0 Å². The van der Waals surface area contributed by atoms with Crippen LogP contribution < -0.4 is 10.1 Å². The van der Waals surface area contributed by atoms with E-state index in [1.54, 1.807) is 13.8 Å². The number of rotatable bonds is 7. The van der Waals surface area contributed by atoms with Gasteiger partial charge in [-0.2, -0.15) is 5.10 Å². The molecule has 0 aliphatic carbocycles. The van der Waals surface area contributed by atoms with E-state index in [-0.39, 0.29) is 35.3 Å². The van der Waals surface area contributed by atoms with Crippen molar-refractivity contribution in [1.82, 2.24) is 9.78 Å². The monoisotopic (exact) mass is 377 g/mol. The first-order valence-electron chi connectivity index (χ1n) is 7.97. The van der Waals surface area contributed by atoms with Crippen molar-refractivity contribution in [1.29, 1.82) is 0 Å². The third-order valence-corrected chi connectivity index (χ3v) is 4.07. The number of carbonyl (C=O) groups excluding carboxylic acids is 1. The Labute approximate surface area is 154 Å². The van der Waals surface area contributed by atoms with Gasteiger partial charge >= 0.3 is 5.69 Å². The number of ether oxygens (including phenoxy) is 1. The molecular formula is C16H19N5O6. The number of aromatic nitrogens is 2. The molecule has 27 heavy (non-hydrogen) atoms. The summed E-state index contributed by atoms with van der Waals surface area (Å²) in [5, 5.41) is 28.7. The fourth-order valence-electron chi connectivity index (χ4n) is 2.62. The van der Waals surface area contributed by atoms with Gasteiger partial charge < -0.3 is 10.1 Å². The topological polar surface area (TPSA) is 142 Å². The number of nitrogens with zero attached hydrogens (tertiary/aromatic N) is 4. The number of nitro groups is 2. The van der Waals surface area contributed by atoms with E-state index in [4.69, 9.17) is 4.74 Å². The maximum atomic E-state index is 12.5. The fraction of sp³-hybridized carbons (Fsp3) is 0.375. The molecule has 0 bridgehead atoms. The third kappa shape index (κ3) is 4.19. The van der Waals surface area contributed by atoms with Crippen LogP contribution in [0.25, 0.3) is 0 Å². The number of nitrogens with one attached hydrogen (secondary N) is 1. The van der Waals surface area contributed by atoms with Crippen molar-refractivity contribution in [3.8, 4) is 5.75 Å². The van der Waals surface area contributed by atoms with Crippen molar-refractivity contribution < 1.29 is 19.4 Å². The van der Waals surface area contributed by atoms with E-state index in [2.05, 4.69) is 10.4 Å². The minimum atomic E-state index is -0.567. The zero-order valence-corrected chi connectivity index (χ0v) is 15.3. The molecule has 1 unspecified atom stereocenters. The van der Waals surface area contributed by atoms with Crippen LogP contribution in [-0.2, 0) is 11.3 Å². The molecule has 1 amide bonds. The summed E-state index contributed by atoms with van der Waals surface area (Å²) in [6.07, 6.45) is 0. The summed E-state index contributed by atoms with van der Waals surface area (Å²) in [7, 11) is 1.34. The van der Waals surface area contributed by atoms with Crippen LogP contribution in [0.15, 0.2) is 18.2 Å². The molecule has 0 saturated heterocycles. The molecule has 2 aromatic rings. The van der Waals surface area contributed by atoms with Gasteiger partial charge in [-0.3, -0.25) is 29.7 Å². The van der Waals surface area contributed by atoms with Crippen LogP contribution in [-0.4, -0.2) is 32.6 Å². The Hall–Kier alpha value is -3.50. The molecule has 0 spiro atoms. The Morgan fingerprint density at radius 3 is 2.48 bits per heavy atom. The number of aryl methyl sites for hydroxylation is 1. The van der Waals surface area contributed by atoms with Gasteiger partial charge in [0.1, 0.15) is 17.1 Å². The molecule has 1 aromatic heterocycles. The maximum Gasteiger partial charge on any atom is 0.312 e. The molecule has 1 N–H and O–H groups in total. The molecule has 1 heterocycles. The highest BCUT2D eigenvalue weighted by Gasteiger charge is 2.24. The summed E-state index contributed by atoms with van der Waals surface area (Å²) in [5.74, 6) is -0.786. The van der Waals surface area contributed by atoms with E-state index in [0.29, 0.717) is 11.4 Å². The van der Waals surface area contributed by atoms with Crippen molar-refractivity contribution in [2.75, 3.05) is 12.4 Å². The summed E-state index contributed by atoms with van der Waals surface area (Å²) in [5.41, 5.74) is 0.707. The normalized spacial score (nSPS) is 11.7. The lowest BCUT2D eigenvalue weighted by molar-refractivity contribution is -0.386. The molecule has 2 rings (SSSR count). The van der Waals surface area contributed by atoms with E-state index in [9.17, 15) is 25.0 Å². The lowest BCUT2D eigenvalue weighted by Crippen LogP contribution is -2.25. The van der Waals surface area contributed by atoms with Crippen molar-refractivity contribution in [2.24, 2.45) is 5.92 Å². The number of amides is 1. The molecule has 1 atom stereocenters. The quantitative estimate of drug-likeness (QED) is 0.577. The molecule has 0 fully saturated rings. The van der Waals surface area contributed by atoms with E-state index in [0.717, 1.165) is 0 Å². The van der Waals surface area contributed by atoms with Gasteiger partial charge in [-0.1, -0.05) is 6.92 Å². The summed E-state index contributed by atoms with van der Waals surface area (Å²) in [6, 6.07) is 3.85. The lowest BCUT2D eigenvalue weighted by Gasteiger charge is -2.15. The second-order valence-electron chi connectivity index (χ2n) is 5.99. The van der Waals surface area contributed by atoms with E-state index < -0.39 is 15.8 Å². The van der Waals surface area contributed by atoms with Crippen molar-refractivity contribution in [3.05, 3.63) is 49.8 Å². The highest BCUT2D eigenvalue weighted by molar-refractivity contribution is 5.93. The Balaban J connectivity index is 2.16. The van der Waals surface area contributed by atoms with Crippen LogP contribution in [0, 0.1) is 40.0 Å². The van der Waals surface area contributed by atoms with Gasteiger partial charge in [-0.15, -0.1) is 0 Å². The first-order valence-corrected chi connectivity index (χ1v) is 7.97. The van der Waals surface area contributed by atoms with Gasteiger partial charge in [0.05, 0.1) is 41.2 Å². The first-order chi connectivity index (χ1) is 12.6. The predicted octanol–water partition coefficient (Wildman–Crippen LogP) is 2.60. The molecule has 11 nitrogen and oxygen atoms in total. The molecular weight excluding hydrogens is 358 g/mol. The molecule has 144 valence electrons.